The highest BCUT2D eigenvalue weighted by atomic mass is 15.5. The van der Waals surface area contributed by atoms with Gasteiger partial charge in [0.15, 0.2) is 5.82 Å². The highest BCUT2D eigenvalue weighted by molar-refractivity contribution is 5.20. The second-order valence-electron chi connectivity index (χ2n) is 7.41. The quantitative estimate of drug-likeness (QED) is 0.513. The molecule has 1 N–H and O–H groups in total. The Hall–Kier alpha value is -2.53. The summed E-state index contributed by atoms with van der Waals surface area (Å²) in [6.45, 7) is 5.53. The summed E-state index contributed by atoms with van der Waals surface area (Å²) < 4.78 is 0. The molecule has 1 aromatic heterocycles. The molecule has 0 aliphatic rings. The molecule has 0 aliphatic carbocycles. The monoisotopic (exact) mass is 377 g/mol. The smallest absolute Gasteiger partial charge is 0.174 e. The molecule has 3 aromatic rings. The molecule has 1 heterocycles. The third kappa shape index (κ3) is 5.73. The summed E-state index contributed by atoms with van der Waals surface area (Å²) in [7, 11) is 0. The molecule has 0 bridgehead atoms. The predicted molar refractivity (Wildman–Crippen MR) is 113 cm³/mol. The molecule has 5 nitrogen and oxygen atoms in total. The average Bonchev–Trinajstić information content (AvgIpc) is 3.27. The van der Waals surface area contributed by atoms with Crippen molar-refractivity contribution in [1.29, 1.82) is 0 Å². The molecular formula is C23H31N5. The van der Waals surface area contributed by atoms with Crippen LogP contribution >= 0.6 is 0 Å². The van der Waals surface area contributed by atoms with E-state index in [9.17, 15) is 0 Å². The van der Waals surface area contributed by atoms with Crippen LogP contribution < -0.4 is 0 Å². The van der Waals surface area contributed by atoms with Crippen LogP contribution in [0.25, 0.3) is 0 Å². The first-order valence-corrected chi connectivity index (χ1v) is 10.3. The summed E-state index contributed by atoms with van der Waals surface area (Å²) in [6.07, 6.45) is 5.49. The van der Waals surface area contributed by atoms with Gasteiger partial charge in [-0.15, -0.1) is 10.2 Å². The van der Waals surface area contributed by atoms with Crippen molar-refractivity contribution >= 4 is 0 Å². The lowest BCUT2D eigenvalue weighted by atomic mass is 9.97. The zero-order chi connectivity index (χ0) is 19.6. The van der Waals surface area contributed by atoms with Gasteiger partial charge in [-0.05, 0) is 30.9 Å². The minimum atomic E-state index is 0.341. The van der Waals surface area contributed by atoms with Gasteiger partial charge < -0.3 is 0 Å². The molecule has 2 atom stereocenters. The first-order chi connectivity index (χ1) is 13.8. The first-order valence-electron chi connectivity index (χ1n) is 10.3. The third-order valence-corrected chi connectivity index (χ3v) is 5.44. The molecule has 2 aromatic carbocycles. The highest BCUT2D eigenvalue weighted by Crippen LogP contribution is 2.28. The van der Waals surface area contributed by atoms with E-state index in [0.29, 0.717) is 12.1 Å². The van der Waals surface area contributed by atoms with E-state index in [-0.39, 0.29) is 0 Å². The van der Waals surface area contributed by atoms with E-state index in [1.807, 2.05) is 0 Å². The molecule has 28 heavy (non-hydrogen) atoms. The second-order valence-corrected chi connectivity index (χ2v) is 7.41. The third-order valence-electron chi connectivity index (χ3n) is 5.44. The Morgan fingerprint density at radius 1 is 0.964 bits per heavy atom. The molecule has 3 rings (SSSR count). The first kappa shape index (κ1) is 20.2. The van der Waals surface area contributed by atoms with Crippen molar-refractivity contribution in [1.82, 2.24) is 25.5 Å². The molecule has 2 unspecified atom stereocenters. The Labute approximate surface area is 168 Å². The van der Waals surface area contributed by atoms with Gasteiger partial charge in [-0.25, -0.2) is 0 Å². The summed E-state index contributed by atoms with van der Waals surface area (Å²) in [5, 5.41) is 14.6. The maximum atomic E-state index is 4.15. The van der Waals surface area contributed by atoms with Crippen molar-refractivity contribution in [3.8, 4) is 0 Å². The van der Waals surface area contributed by atoms with Crippen molar-refractivity contribution in [2.45, 2.75) is 64.6 Å². The number of H-pyrrole nitrogens is 1. The van der Waals surface area contributed by atoms with Crippen LogP contribution in [-0.4, -0.2) is 31.6 Å². The van der Waals surface area contributed by atoms with Crippen molar-refractivity contribution in [3.63, 3.8) is 0 Å². The minimum Gasteiger partial charge on any atom is -0.289 e. The minimum absolute atomic E-state index is 0.341. The Morgan fingerprint density at radius 2 is 1.68 bits per heavy atom. The molecule has 0 aliphatic heterocycles. The van der Waals surface area contributed by atoms with Crippen LogP contribution in [0.4, 0.5) is 0 Å². The summed E-state index contributed by atoms with van der Waals surface area (Å²) in [4.78, 5) is 2.65. The number of hydrogen-bond donors (Lipinski definition) is 1. The largest absolute Gasteiger partial charge is 0.289 e. The van der Waals surface area contributed by atoms with E-state index in [1.54, 1.807) is 0 Å². The Bertz CT molecular complexity index is 773. The normalized spacial score (nSPS) is 13.5. The van der Waals surface area contributed by atoms with Crippen LogP contribution in [0.3, 0.4) is 0 Å². The number of aromatic amines is 1. The van der Waals surface area contributed by atoms with Gasteiger partial charge in [0.1, 0.15) is 0 Å². The Balaban J connectivity index is 1.83. The topological polar surface area (TPSA) is 57.7 Å². The number of benzene rings is 2. The van der Waals surface area contributed by atoms with Gasteiger partial charge in [-0.1, -0.05) is 85.6 Å². The molecule has 0 saturated heterocycles. The van der Waals surface area contributed by atoms with Gasteiger partial charge in [0.2, 0.25) is 0 Å². The van der Waals surface area contributed by atoms with Crippen LogP contribution in [0.5, 0.6) is 0 Å². The highest BCUT2D eigenvalue weighted by Gasteiger charge is 2.25. The number of aryl methyl sites for hydroxylation is 1. The number of unbranched alkanes of at least 4 members (excludes halogenated alkanes) is 1. The van der Waals surface area contributed by atoms with Gasteiger partial charge in [-0.2, -0.15) is 5.21 Å². The van der Waals surface area contributed by atoms with Crippen LogP contribution in [0.2, 0.25) is 0 Å². The molecule has 0 radical (unpaired) electrons. The number of nitrogens with zero attached hydrogens (tertiary/aromatic N) is 4. The van der Waals surface area contributed by atoms with Crippen LogP contribution in [0.15, 0.2) is 60.7 Å². The van der Waals surface area contributed by atoms with Crippen molar-refractivity contribution < 1.29 is 0 Å². The molecule has 0 amide bonds. The number of tetrazole rings is 1. The van der Waals surface area contributed by atoms with E-state index in [4.69, 9.17) is 0 Å². The molecule has 148 valence electrons. The van der Waals surface area contributed by atoms with Gasteiger partial charge in [0, 0.05) is 25.0 Å². The number of rotatable bonds is 11. The lowest BCUT2D eigenvalue weighted by Crippen LogP contribution is -2.37. The van der Waals surface area contributed by atoms with E-state index in [1.165, 1.54) is 30.4 Å². The van der Waals surface area contributed by atoms with Gasteiger partial charge >= 0.3 is 0 Å². The van der Waals surface area contributed by atoms with Crippen molar-refractivity contribution in [2.75, 3.05) is 0 Å². The summed E-state index contributed by atoms with van der Waals surface area (Å²) in [5.41, 5.74) is 2.71. The fourth-order valence-corrected chi connectivity index (χ4v) is 3.80. The van der Waals surface area contributed by atoms with Crippen LogP contribution in [-0.2, 0) is 13.0 Å². The van der Waals surface area contributed by atoms with E-state index < -0.39 is 0 Å². The number of hydrogen-bond acceptors (Lipinski definition) is 4. The molecule has 0 spiro atoms. The Morgan fingerprint density at radius 3 is 2.32 bits per heavy atom. The fraction of sp³-hybridized carbons (Fsp3) is 0.435. The standard InChI is InChI=1S/C23H31N5/c1-3-4-15-22(16-17-23-24-26-27-25-23)28(18-20-11-7-5-8-12-20)19(2)21-13-9-6-10-14-21/h5-14,19,22H,3-4,15-18H2,1-2H3,(H,24,25,26,27). The second kappa shape index (κ2) is 10.7. The van der Waals surface area contributed by atoms with E-state index in [2.05, 4.69) is 100 Å². The van der Waals surface area contributed by atoms with E-state index in [0.717, 1.165) is 25.2 Å². The molecule has 5 heteroatoms. The van der Waals surface area contributed by atoms with Gasteiger partial charge in [0.25, 0.3) is 0 Å². The van der Waals surface area contributed by atoms with Crippen molar-refractivity contribution in [3.05, 3.63) is 77.6 Å². The summed E-state index contributed by atoms with van der Waals surface area (Å²) >= 11 is 0. The van der Waals surface area contributed by atoms with Gasteiger partial charge in [-0.3, -0.25) is 4.90 Å². The maximum absolute atomic E-state index is 4.15. The molecular weight excluding hydrogens is 346 g/mol. The average molecular weight is 378 g/mol. The number of nitrogens with one attached hydrogen (secondary N) is 1. The van der Waals surface area contributed by atoms with Crippen LogP contribution in [0.1, 0.15) is 62.5 Å². The van der Waals surface area contributed by atoms with Crippen LogP contribution in [0, 0.1) is 0 Å². The lowest BCUT2D eigenvalue weighted by molar-refractivity contribution is 0.117. The zero-order valence-electron chi connectivity index (χ0n) is 17.0. The fourth-order valence-electron chi connectivity index (χ4n) is 3.80. The summed E-state index contributed by atoms with van der Waals surface area (Å²) in [6, 6.07) is 22.4. The Kier molecular flexibility index (Phi) is 7.73. The SMILES string of the molecule is CCCCC(CCc1nn[nH]n1)N(Cc1ccccc1)C(C)c1ccccc1. The zero-order valence-corrected chi connectivity index (χ0v) is 17.0. The van der Waals surface area contributed by atoms with E-state index >= 15 is 0 Å². The maximum Gasteiger partial charge on any atom is 0.174 e. The molecule has 0 fully saturated rings. The summed E-state index contributed by atoms with van der Waals surface area (Å²) in [5.74, 6) is 0.800. The number of aromatic nitrogens is 4. The van der Waals surface area contributed by atoms with Crippen molar-refractivity contribution in [2.24, 2.45) is 0 Å². The van der Waals surface area contributed by atoms with Gasteiger partial charge in [0.05, 0.1) is 0 Å². The molecule has 0 saturated carbocycles. The predicted octanol–water partition coefficient (Wildman–Crippen LogP) is 4.95. The lowest BCUT2D eigenvalue weighted by Gasteiger charge is -2.37.